The normalized spacial score (nSPS) is 17.0. The fraction of sp³-hybridized carbons (Fsp3) is 0.333. The van der Waals surface area contributed by atoms with Crippen molar-refractivity contribution in [1.82, 2.24) is 15.0 Å². The molecule has 1 fully saturated rings. The average Bonchev–Trinajstić information content (AvgIpc) is 2.95. The van der Waals surface area contributed by atoms with Gasteiger partial charge in [-0.05, 0) is 0 Å². The first-order chi connectivity index (χ1) is 10.6. The molecule has 0 aliphatic carbocycles. The Morgan fingerprint density at radius 2 is 2.05 bits per heavy atom. The molecule has 0 bridgehead atoms. The van der Waals surface area contributed by atoms with Crippen LogP contribution in [0.2, 0.25) is 0 Å². The molecule has 114 valence electrons. The van der Waals surface area contributed by atoms with Gasteiger partial charge in [-0.1, -0.05) is 11.3 Å². The van der Waals surface area contributed by atoms with Crippen molar-refractivity contribution in [3.05, 3.63) is 23.5 Å². The molecule has 0 aromatic carbocycles. The van der Waals surface area contributed by atoms with Crippen LogP contribution in [-0.4, -0.2) is 48.0 Å². The summed E-state index contributed by atoms with van der Waals surface area (Å²) < 4.78 is 22.9. The summed E-state index contributed by atoms with van der Waals surface area (Å²) >= 11 is 1.23. The number of thiazole rings is 1. The van der Waals surface area contributed by atoms with Gasteiger partial charge in [0.2, 0.25) is 0 Å². The highest BCUT2D eigenvalue weighted by atomic mass is 32.2. The van der Waals surface area contributed by atoms with Gasteiger partial charge in [0, 0.05) is 19.2 Å². The fourth-order valence-corrected chi connectivity index (χ4v) is 3.84. The molecule has 10 heteroatoms. The summed E-state index contributed by atoms with van der Waals surface area (Å²) in [6.45, 7) is 0.850. The van der Waals surface area contributed by atoms with Crippen molar-refractivity contribution in [2.75, 3.05) is 34.8 Å². The Morgan fingerprint density at radius 3 is 2.73 bits per heavy atom. The van der Waals surface area contributed by atoms with Gasteiger partial charge in [0.05, 0.1) is 17.7 Å². The van der Waals surface area contributed by atoms with Crippen LogP contribution in [0.3, 0.4) is 0 Å². The molecule has 1 aliphatic heterocycles. The number of rotatable bonds is 3. The Balaban J connectivity index is 1.74. The summed E-state index contributed by atoms with van der Waals surface area (Å²) in [6.07, 6.45) is 2.91. The molecule has 2 aromatic heterocycles. The van der Waals surface area contributed by atoms with Gasteiger partial charge in [-0.3, -0.25) is 0 Å². The van der Waals surface area contributed by atoms with E-state index in [0.717, 1.165) is 0 Å². The van der Waals surface area contributed by atoms with Crippen LogP contribution in [-0.2, 0) is 9.84 Å². The number of hydrogen-bond acceptors (Lipinski definition) is 9. The second-order valence-corrected chi connectivity index (χ2v) is 8.00. The summed E-state index contributed by atoms with van der Waals surface area (Å²) in [5, 5.41) is 12.4. The summed E-state index contributed by atoms with van der Waals surface area (Å²) in [5.74, 6) is 1.50. The molecule has 0 unspecified atom stereocenters. The lowest BCUT2D eigenvalue weighted by molar-refractivity contribution is 0.586. The van der Waals surface area contributed by atoms with Crippen LogP contribution in [0.15, 0.2) is 18.6 Å². The number of nitriles is 1. The highest BCUT2D eigenvalue weighted by Crippen LogP contribution is 2.23. The lowest BCUT2D eigenvalue weighted by Gasteiger charge is -2.27. The second kappa shape index (κ2) is 5.86. The van der Waals surface area contributed by atoms with Gasteiger partial charge >= 0.3 is 0 Å². The van der Waals surface area contributed by atoms with E-state index in [0.29, 0.717) is 34.7 Å². The third-order valence-corrected chi connectivity index (χ3v) is 5.60. The lowest BCUT2D eigenvalue weighted by atomic mass is 10.4. The Kier molecular flexibility index (Phi) is 3.91. The Labute approximate surface area is 131 Å². The molecule has 22 heavy (non-hydrogen) atoms. The molecule has 8 nitrogen and oxygen atoms in total. The minimum Gasteiger partial charge on any atom is -0.354 e. The first kappa shape index (κ1) is 14.7. The summed E-state index contributed by atoms with van der Waals surface area (Å²) in [7, 11) is -2.92. The quantitative estimate of drug-likeness (QED) is 0.875. The van der Waals surface area contributed by atoms with E-state index >= 15 is 0 Å². The van der Waals surface area contributed by atoms with E-state index in [1.165, 1.54) is 23.9 Å². The maximum Gasteiger partial charge on any atom is 0.189 e. The lowest BCUT2D eigenvalue weighted by Crippen LogP contribution is -2.40. The zero-order valence-electron chi connectivity index (χ0n) is 11.4. The fourth-order valence-electron chi connectivity index (χ4n) is 2.02. The monoisotopic (exact) mass is 336 g/mol. The highest BCUT2D eigenvalue weighted by molar-refractivity contribution is 7.91. The third-order valence-electron chi connectivity index (χ3n) is 3.17. The Morgan fingerprint density at radius 1 is 1.27 bits per heavy atom. The van der Waals surface area contributed by atoms with Crippen molar-refractivity contribution in [1.29, 1.82) is 5.26 Å². The number of nitrogens with zero attached hydrogens (tertiary/aromatic N) is 5. The number of anilines is 3. The predicted octanol–water partition coefficient (Wildman–Crippen LogP) is 0.783. The largest absolute Gasteiger partial charge is 0.354 e. The van der Waals surface area contributed by atoms with Gasteiger partial charge in [-0.25, -0.2) is 23.4 Å². The molecule has 2 aromatic rings. The Hall–Kier alpha value is -2.25. The Bertz CT molecular complexity index is 812. The van der Waals surface area contributed by atoms with E-state index in [9.17, 15) is 8.42 Å². The van der Waals surface area contributed by atoms with E-state index in [-0.39, 0.29) is 11.5 Å². The number of nitrogens with one attached hydrogen (secondary N) is 1. The summed E-state index contributed by atoms with van der Waals surface area (Å²) in [6, 6.07) is 3.76. The maximum absolute atomic E-state index is 11.5. The van der Waals surface area contributed by atoms with Gasteiger partial charge in [0.25, 0.3) is 0 Å². The molecular weight excluding hydrogens is 324 g/mol. The topological polar surface area (TPSA) is 112 Å². The highest BCUT2D eigenvalue weighted by Gasteiger charge is 2.22. The van der Waals surface area contributed by atoms with E-state index in [2.05, 4.69) is 20.3 Å². The van der Waals surface area contributed by atoms with Gasteiger partial charge in [-0.15, -0.1) is 0 Å². The van der Waals surface area contributed by atoms with Gasteiger partial charge in [-0.2, -0.15) is 5.26 Å². The first-order valence-corrected chi connectivity index (χ1v) is 9.10. The maximum atomic E-state index is 11.5. The third kappa shape index (κ3) is 3.32. The first-order valence-electron chi connectivity index (χ1n) is 6.46. The van der Waals surface area contributed by atoms with Gasteiger partial charge < -0.3 is 10.2 Å². The standard InChI is InChI=1S/C12H12N6O2S2/c13-6-9-7-14-12(21-9)17-10-5-11(16-8-15-10)18-1-3-22(19,20)4-2-18/h5,7-8H,1-4H2,(H,14,15,16,17). The molecular formula is C12H12N6O2S2. The molecule has 3 heterocycles. The van der Waals surface area contributed by atoms with Crippen molar-refractivity contribution < 1.29 is 8.42 Å². The predicted molar refractivity (Wildman–Crippen MR) is 83.0 cm³/mol. The van der Waals surface area contributed by atoms with Crippen molar-refractivity contribution >= 4 is 37.9 Å². The van der Waals surface area contributed by atoms with Crippen molar-refractivity contribution in [3.8, 4) is 6.07 Å². The minimum atomic E-state index is -2.92. The smallest absolute Gasteiger partial charge is 0.189 e. The van der Waals surface area contributed by atoms with E-state index in [1.807, 2.05) is 11.0 Å². The van der Waals surface area contributed by atoms with Crippen LogP contribution in [0, 0.1) is 11.3 Å². The minimum absolute atomic E-state index is 0.137. The second-order valence-electron chi connectivity index (χ2n) is 4.67. The number of aromatic nitrogens is 3. The molecule has 0 atom stereocenters. The van der Waals surface area contributed by atoms with Crippen LogP contribution in [0.25, 0.3) is 0 Å². The number of sulfone groups is 1. The van der Waals surface area contributed by atoms with Crippen molar-refractivity contribution in [2.45, 2.75) is 0 Å². The van der Waals surface area contributed by atoms with Crippen molar-refractivity contribution in [2.24, 2.45) is 0 Å². The summed E-state index contributed by atoms with van der Waals surface area (Å²) in [4.78, 5) is 14.8. The molecule has 1 saturated heterocycles. The van der Waals surface area contributed by atoms with Crippen LogP contribution in [0.4, 0.5) is 16.8 Å². The van der Waals surface area contributed by atoms with E-state index < -0.39 is 9.84 Å². The molecule has 0 radical (unpaired) electrons. The molecule has 0 amide bonds. The van der Waals surface area contributed by atoms with Crippen LogP contribution < -0.4 is 10.2 Å². The van der Waals surface area contributed by atoms with Crippen LogP contribution in [0.1, 0.15) is 4.88 Å². The SMILES string of the molecule is N#Cc1cnc(Nc2cc(N3CCS(=O)(=O)CC3)ncn2)s1. The summed E-state index contributed by atoms with van der Waals surface area (Å²) in [5.41, 5.74) is 0. The van der Waals surface area contributed by atoms with Crippen molar-refractivity contribution in [3.63, 3.8) is 0 Å². The average molecular weight is 336 g/mol. The number of hydrogen-bond donors (Lipinski definition) is 1. The zero-order chi connectivity index (χ0) is 15.6. The molecule has 1 aliphatic rings. The molecule has 0 spiro atoms. The van der Waals surface area contributed by atoms with E-state index in [4.69, 9.17) is 5.26 Å². The molecule has 1 N–H and O–H groups in total. The molecule has 3 rings (SSSR count). The zero-order valence-corrected chi connectivity index (χ0v) is 13.1. The van der Waals surface area contributed by atoms with Crippen LogP contribution >= 0.6 is 11.3 Å². The molecule has 0 saturated carbocycles. The van der Waals surface area contributed by atoms with E-state index in [1.54, 1.807) is 6.07 Å². The van der Waals surface area contributed by atoms with Crippen LogP contribution in [0.5, 0.6) is 0 Å². The van der Waals surface area contributed by atoms with Gasteiger partial charge in [0.1, 0.15) is 28.9 Å². The van der Waals surface area contributed by atoms with Gasteiger partial charge in [0.15, 0.2) is 15.0 Å².